The van der Waals surface area contributed by atoms with E-state index in [-0.39, 0.29) is 5.91 Å². The number of thiazole rings is 1. The van der Waals surface area contributed by atoms with E-state index in [0.717, 1.165) is 45.1 Å². The van der Waals surface area contributed by atoms with Crippen LogP contribution in [-0.4, -0.2) is 35.7 Å². The Hall–Kier alpha value is -2.25. The lowest BCUT2D eigenvalue weighted by atomic mass is 10.1. The Labute approximate surface area is 172 Å². The number of hydrogen-bond donors (Lipinski definition) is 0. The van der Waals surface area contributed by atoms with Crippen molar-refractivity contribution in [2.75, 3.05) is 25.2 Å². The van der Waals surface area contributed by atoms with E-state index in [1.54, 1.807) is 11.8 Å². The molecule has 4 rings (SSSR count). The zero-order valence-corrected chi connectivity index (χ0v) is 17.8. The number of benzene rings is 2. The maximum Gasteiger partial charge on any atom is 0.279 e. The molecule has 5 nitrogen and oxygen atoms in total. The van der Waals surface area contributed by atoms with Crippen molar-refractivity contribution in [2.24, 2.45) is 4.99 Å². The minimum atomic E-state index is -0.206. The highest BCUT2D eigenvalue weighted by atomic mass is 32.2. The molecule has 0 unspecified atom stereocenters. The topological polar surface area (TPSA) is 52.8 Å². The van der Waals surface area contributed by atoms with Gasteiger partial charge in [-0.1, -0.05) is 29.0 Å². The number of carbonyl (C=O) groups excluding carboxylic acids is 1. The van der Waals surface area contributed by atoms with Crippen molar-refractivity contribution < 1.29 is 14.3 Å². The zero-order chi connectivity index (χ0) is 19.7. The molecule has 1 aromatic heterocycles. The lowest BCUT2D eigenvalue weighted by Crippen LogP contribution is -2.19. The molecule has 0 spiro atoms. The van der Waals surface area contributed by atoms with Gasteiger partial charge in [0, 0.05) is 30.0 Å². The third-order valence-electron chi connectivity index (χ3n) is 4.69. The molecule has 0 aliphatic carbocycles. The number of fused-ring (bicyclic) bond motifs is 2. The molecule has 0 N–H and O–H groups in total. The molecule has 1 aliphatic heterocycles. The van der Waals surface area contributed by atoms with Gasteiger partial charge in [0.25, 0.3) is 5.91 Å². The third-order valence-corrected chi connectivity index (χ3v) is 6.32. The molecule has 1 aliphatic rings. The number of nitrogens with zero attached hydrogens (tertiary/aromatic N) is 2. The maximum absolute atomic E-state index is 12.9. The van der Waals surface area contributed by atoms with Crippen LogP contribution in [0.1, 0.15) is 21.5 Å². The molecule has 146 valence electrons. The fourth-order valence-electron chi connectivity index (χ4n) is 3.20. The van der Waals surface area contributed by atoms with E-state index in [4.69, 9.17) is 9.47 Å². The second-order valence-corrected chi connectivity index (χ2v) is 8.72. The Bertz CT molecular complexity index is 1110. The van der Waals surface area contributed by atoms with Crippen molar-refractivity contribution in [3.05, 3.63) is 51.8 Å². The quantitative estimate of drug-likeness (QED) is 0.642. The second kappa shape index (κ2) is 8.01. The molecule has 2 aromatic carbocycles. The van der Waals surface area contributed by atoms with Gasteiger partial charge in [0.05, 0.1) is 10.2 Å². The SMILES string of the molecule is CSCCn1c(=NC(=O)c2cc(C)ccc2C)sc2cc3c(cc21)OCCO3. The number of amides is 1. The maximum atomic E-state index is 12.9. The van der Waals surface area contributed by atoms with Gasteiger partial charge in [-0.3, -0.25) is 4.79 Å². The van der Waals surface area contributed by atoms with Crippen LogP contribution in [0, 0.1) is 13.8 Å². The minimum Gasteiger partial charge on any atom is -0.486 e. The monoisotopic (exact) mass is 414 g/mol. The van der Waals surface area contributed by atoms with Crippen LogP contribution in [0.25, 0.3) is 10.2 Å². The molecule has 0 atom stereocenters. The van der Waals surface area contributed by atoms with Gasteiger partial charge in [0.2, 0.25) is 0 Å². The van der Waals surface area contributed by atoms with Gasteiger partial charge in [-0.15, -0.1) is 0 Å². The highest BCUT2D eigenvalue weighted by Gasteiger charge is 2.17. The van der Waals surface area contributed by atoms with E-state index in [1.165, 1.54) is 11.3 Å². The van der Waals surface area contributed by atoms with E-state index in [2.05, 4.69) is 15.8 Å². The molecule has 7 heteroatoms. The van der Waals surface area contributed by atoms with Crippen LogP contribution in [-0.2, 0) is 6.54 Å². The molecule has 28 heavy (non-hydrogen) atoms. The third kappa shape index (κ3) is 3.69. The lowest BCUT2D eigenvalue weighted by Gasteiger charge is -2.18. The first-order valence-corrected chi connectivity index (χ1v) is 11.4. The first-order valence-electron chi connectivity index (χ1n) is 9.15. The molecule has 2 heterocycles. The van der Waals surface area contributed by atoms with Crippen molar-refractivity contribution in [2.45, 2.75) is 20.4 Å². The number of rotatable bonds is 4. The Balaban J connectivity index is 1.85. The Morgan fingerprint density at radius 2 is 1.93 bits per heavy atom. The highest BCUT2D eigenvalue weighted by Crippen LogP contribution is 2.35. The summed E-state index contributed by atoms with van der Waals surface area (Å²) in [5.41, 5.74) is 3.67. The number of ether oxygens (including phenoxy) is 2. The van der Waals surface area contributed by atoms with Crippen molar-refractivity contribution in [1.29, 1.82) is 0 Å². The van der Waals surface area contributed by atoms with E-state index >= 15 is 0 Å². The number of thioether (sulfide) groups is 1. The normalized spacial score (nSPS) is 13.9. The number of carbonyl (C=O) groups is 1. The summed E-state index contributed by atoms with van der Waals surface area (Å²) in [5.74, 6) is 2.24. The predicted molar refractivity (Wildman–Crippen MR) is 115 cm³/mol. The summed E-state index contributed by atoms with van der Waals surface area (Å²) in [6.45, 7) is 5.81. The summed E-state index contributed by atoms with van der Waals surface area (Å²) < 4.78 is 14.6. The summed E-state index contributed by atoms with van der Waals surface area (Å²) in [6, 6.07) is 9.87. The smallest absolute Gasteiger partial charge is 0.279 e. The van der Waals surface area contributed by atoms with Gasteiger partial charge in [-0.2, -0.15) is 16.8 Å². The fraction of sp³-hybridized carbons (Fsp3) is 0.333. The molecule has 0 fully saturated rings. The first kappa shape index (κ1) is 19.1. The van der Waals surface area contributed by atoms with Crippen LogP contribution in [0.15, 0.2) is 35.3 Å². The predicted octanol–water partition coefficient (Wildman–Crippen LogP) is 4.19. The van der Waals surface area contributed by atoms with Crippen molar-refractivity contribution in [3.8, 4) is 11.5 Å². The van der Waals surface area contributed by atoms with Gasteiger partial charge >= 0.3 is 0 Å². The molecule has 0 radical (unpaired) electrons. The summed E-state index contributed by atoms with van der Waals surface area (Å²) in [7, 11) is 0. The molecule has 3 aromatic rings. The number of aryl methyl sites for hydroxylation is 3. The van der Waals surface area contributed by atoms with Gasteiger partial charge in [0.15, 0.2) is 16.3 Å². The number of hydrogen-bond acceptors (Lipinski definition) is 5. The summed E-state index contributed by atoms with van der Waals surface area (Å²) in [5, 5.41) is 0. The minimum absolute atomic E-state index is 0.206. The Morgan fingerprint density at radius 3 is 2.68 bits per heavy atom. The Morgan fingerprint density at radius 1 is 1.18 bits per heavy atom. The van der Waals surface area contributed by atoms with Crippen molar-refractivity contribution >= 4 is 39.2 Å². The lowest BCUT2D eigenvalue weighted by molar-refractivity contribution is 0.0997. The van der Waals surface area contributed by atoms with Crippen LogP contribution < -0.4 is 14.3 Å². The van der Waals surface area contributed by atoms with E-state index in [0.29, 0.717) is 23.6 Å². The molecule has 1 amide bonds. The number of aromatic nitrogens is 1. The molecular weight excluding hydrogens is 392 g/mol. The van der Waals surface area contributed by atoms with E-state index < -0.39 is 0 Å². The van der Waals surface area contributed by atoms with Gasteiger partial charge in [0.1, 0.15) is 13.2 Å². The molecular formula is C21H22N2O3S2. The summed E-state index contributed by atoms with van der Waals surface area (Å²) in [4.78, 5) is 18.1. The average molecular weight is 415 g/mol. The van der Waals surface area contributed by atoms with Crippen molar-refractivity contribution in [1.82, 2.24) is 4.57 Å². The second-order valence-electron chi connectivity index (χ2n) is 6.73. The van der Waals surface area contributed by atoms with Crippen LogP contribution in [0.3, 0.4) is 0 Å². The van der Waals surface area contributed by atoms with Gasteiger partial charge in [-0.25, -0.2) is 0 Å². The highest BCUT2D eigenvalue weighted by molar-refractivity contribution is 7.98. The zero-order valence-electron chi connectivity index (χ0n) is 16.2. The van der Waals surface area contributed by atoms with Crippen LogP contribution in [0.2, 0.25) is 0 Å². The van der Waals surface area contributed by atoms with E-state index in [1.807, 2.05) is 44.2 Å². The summed E-state index contributed by atoms with van der Waals surface area (Å²) in [6.07, 6.45) is 2.08. The molecule has 0 bridgehead atoms. The van der Waals surface area contributed by atoms with Crippen LogP contribution in [0.4, 0.5) is 0 Å². The Kier molecular flexibility index (Phi) is 5.46. The van der Waals surface area contributed by atoms with E-state index in [9.17, 15) is 4.79 Å². The fourth-order valence-corrected chi connectivity index (χ4v) is 4.63. The van der Waals surface area contributed by atoms with Crippen LogP contribution in [0.5, 0.6) is 11.5 Å². The van der Waals surface area contributed by atoms with Gasteiger partial charge in [-0.05, 0) is 31.7 Å². The van der Waals surface area contributed by atoms with Crippen molar-refractivity contribution in [3.63, 3.8) is 0 Å². The summed E-state index contributed by atoms with van der Waals surface area (Å²) >= 11 is 3.28. The largest absolute Gasteiger partial charge is 0.486 e. The van der Waals surface area contributed by atoms with Crippen LogP contribution >= 0.6 is 23.1 Å². The average Bonchev–Trinajstić information content (AvgIpc) is 3.02. The van der Waals surface area contributed by atoms with Gasteiger partial charge < -0.3 is 14.0 Å². The molecule has 0 saturated carbocycles. The molecule has 0 saturated heterocycles. The standard InChI is InChI=1S/C21H22N2O3S2/c1-13-4-5-14(2)15(10-13)20(24)22-21-23(6-9-27-3)16-11-17-18(12-19(16)28-21)26-8-7-25-17/h4-5,10-12H,6-9H2,1-3H3. The first-order chi connectivity index (χ1) is 13.6.